The third-order valence-corrected chi connectivity index (χ3v) is 6.62. The number of carbonyl (C=O) groups excluding carboxylic acids is 1. The van der Waals surface area contributed by atoms with Crippen LogP contribution in [0.4, 0.5) is 13.2 Å². The van der Waals surface area contributed by atoms with E-state index in [0.29, 0.717) is 30.2 Å². The Balaban J connectivity index is 1.57. The number of unbranched alkanes of at least 4 members (excludes halogenated alkanes) is 1. The molecule has 6 nitrogen and oxygen atoms in total. The minimum atomic E-state index is -4.38. The van der Waals surface area contributed by atoms with Crippen molar-refractivity contribution in [2.45, 2.75) is 64.7 Å². The molecule has 0 radical (unpaired) electrons. The fraction of sp³-hybridized carbons (Fsp3) is 0.444. The van der Waals surface area contributed by atoms with Gasteiger partial charge in [-0.3, -0.25) is 4.68 Å². The molecule has 0 unspecified atom stereocenters. The maximum Gasteiger partial charge on any atom is 0.416 e. The summed E-state index contributed by atoms with van der Waals surface area (Å²) in [6, 6.07) is 10.7. The molecular formula is C27H31F3IN3O3. The summed E-state index contributed by atoms with van der Waals surface area (Å²) in [5.41, 5.74) is -0.137. The maximum atomic E-state index is 12.8. The van der Waals surface area contributed by atoms with Gasteiger partial charge in [-0.05, 0) is 85.5 Å². The van der Waals surface area contributed by atoms with Crippen molar-refractivity contribution in [1.29, 1.82) is 0 Å². The number of alkyl halides is 3. The molecule has 0 aliphatic carbocycles. The number of halogens is 4. The summed E-state index contributed by atoms with van der Waals surface area (Å²) in [6.45, 7) is 5.82. The van der Waals surface area contributed by atoms with Crippen molar-refractivity contribution in [3.63, 3.8) is 0 Å². The monoisotopic (exact) mass is 629 g/mol. The van der Waals surface area contributed by atoms with Crippen LogP contribution < -0.4 is 4.74 Å². The predicted molar refractivity (Wildman–Crippen MR) is 143 cm³/mol. The van der Waals surface area contributed by atoms with E-state index in [2.05, 4.69) is 32.7 Å². The van der Waals surface area contributed by atoms with Crippen LogP contribution >= 0.6 is 22.6 Å². The Morgan fingerprint density at radius 1 is 1.05 bits per heavy atom. The van der Waals surface area contributed by atoms with Gasteiger partial charge in [-0.1, -0.05) is 31.5 Å². The standard InChI is InChI=1S/C27H31F3IN3O3/c1-5-6-16-36-25(35)26(2,3)37-22-15-10-18(17-21(22)31)8-7-9-23-32-24(33-34(23)4)19-11-13-20(14-12-19)27(28,29)30/h10-15,17H,5-9,16H2,1-4H3. The van der Waals surface area contributed by atoms with Gasteiger partial charge in [-0.2, -0.15) is 18.3 Å². The highest BCUT2D eigenvalue weighted by Crippen LogP contribution is 2.31. The molecule has 0 aliphatic heterocycles. The minimum Gasteiger partial charge on any atom is -0.475 e. The summed E-state index contributed by atoms with van der Waals surface area (Å²) in [7, 11) is 1.78. The first-order valence-electron chi connectivity index (χ1n) is 12.1. The van der Waals surface area contributed by atoms with E-state index in [9.17, 15) is 18.0 Å². The lowest BCUT2D eigenvalue weighted by atomic mass is 10.1. The topological polar surface area (TPSA) is 66.2 Å². The molecule has 10 heteroatoms. The number of rotatable bonds is 11. The van der Waals surface area contributed by atoms with Crippen molar-refractivity contribution < 1.29 is 27.4 Å². The lowest BCUT2D eigenvalue weighted by Crippen LogP contribution is -2.40. The van der Waals surface area contributed by atoms with Crippen LogP contribution in [0.1, 0.15) is 57.0 Å². The first-order chi connectivity index (χ1) is 17.4. The summed E-state index contributed by atoms with van der Waals surface area (Å²) in [5, 5.41) is 4.36. The highest BCUT2D eigenvalue weighted by Gasteiger charge is 2.32. The first-order valence-corrected chi connectivity index (χ1v) is 13.2. The SMILES string of the molecule is CCCCOC(=O)C(C)(C)Oc1ccc(CCCc2nc(-c3ccc(C(F)(F)F)cc3)nn2C)cc1I. The fourth-order valence-corrected chi connectivity index (χ4v) is 4.29. The molecule has 1 aromatic heterocycles. The highest BCUT2D eigenvalue weighted by atomic mass is 127. The zero-order chi connectivity index (χ0) is 27.2. The summed E-state index contributed by atoms with van der Waals surface area (Å²) < 4.78 is 52.3. The second-order valence-electron chi connectivity index (χ2n) is 9.27. The van der Waals surface area contributed by atoms with Crippen molar-refractivity contribution in [2.75, 3.05) is 6.61 Å². The van der Waals surface area contributed by atoms with E-state index >= 15 is 0 Å². The Morgan fingerprint density at radius 3 is 2.38 bits per heavy atom. The normalized spacial score (nSPS) is 12.0. The zero-order valence-corrected chi connectivity index (χ0v) is 23.5. The molecule has 200 valence electrons. The van der Waals surface area contributed by atoms with Gasteiger partial charge in [-0.25, -0.2) is 9.78 Å². The number of esters is 1. The molecule has 0 fully saturated rings. The van der Waals surface area contributed by atoms with Gasteiger partial charge in [0.1, 0.15) is 11.6 Å². The number of ether oxygens (including phenoxy) is 2. The number of hydrogen-bond acceptors (Lipinski definition) is 5. The number of hydrogen-bond donors (Lipinski definition) is 0. The molecule has 0 atom stereocenters. The molecule has 3 aromatic rings. The summed E-state index contributed by atoms with van der Waals surface area (Å²) in [6.07, 6.45) is -0.343. The van der Waals surface area contributed by atoms with Crippen molar-refractivity contribution in [3.05, 3.63) is 63.0 Å². The second-order valence-corrected chi connectivity index (χ2v) is 10.4. The number of benzene rings is 2. The molecule has 0 N–H and O–H groups in total. The molecular weight excluding hydrogens is 598 g/mol. The average molecular weight is 629 g/mol. The number of aromatic nitrogens is 3. The van der Waals surface area contributed by atoms with Gasteiger partial charge >= 0.3 is 12.1 Å². The largest absolute Gasteiger partial charge is 0.475 e. The summed E-state index contributed by atoms with van der Waals surface area (Å²) >= 11 is 2.20. The van der Waals surface area contributed by atoms with Gasteiger partial charge in [0.2, 0.25) is 0 Å². The van der Waals surface area contributed by atoms with Crippen LogP contribution in [0.25, 0.3) is 11.4 Å². The Morgan fingerprint density at radius 2 is 1.76 bits per heavy atom. The Hall–Kier alpha value is -2.63. The highest BCUT2D eigenvalue weighted by molar-refractivity contribution is 14.1. The average Bonchev–Trinajstić information content (AvgIpc) is 3.20. The Labute approximate surface area is 228 Å². The molecule has 0 aliphatic rings. The molecule has 0 amide bonds. The van der Waals surface area contributed by atoms with Crippen LogP contribution in [0.3, 0.4) is 0 Å². The number of nitrogens with zero attached hydrogens (tertiary/aromatic N) is 3. The summed E-state index contributed by atoms with van der Waals surface area (Å²) in [5.74, 6) is 1.39. The van der Waals surface area contributed by atoms with Crippen LogP contribution in [0.15, 0.2) is 42.5 Å². The van der Waals surface area contributed by atoms with Gasteiger partial charge in [0.15, 0.2) is 11.4 Å². The predicted octanol–water partition coefficient (Wildman–Crippen LogP) is 6.78. The Kier molecular flexibility index (Phi) is 9.60. The molecule has 37 heavy (non-hydrogen) atoms. The van der Waals surface area contributed by atoms with Gasteiger partial charge in [0.05, 0.1) is 15.7 Å². The van der Waals surface area contributed by atoms with E-state index < -0.39 is 17.3 Å². The maximum absolute atomic E-state index is 12.8. The molecule has 2 aromatic carbocycles. The quantitative estimate of drug-likeness (QED) is 0.133. The van der Waals surface area contributed by atoms with Crippen molar-refractivity contribution in [2.24, 2.45) is 7.05 Å². The van der Waals surface area contributed by atoms with Gasteiger partial charge < -0.3 is 9.47 Å². The summed E-state index contributed by atoms with van der Waals surface area (Å²) in [4.78, 5) is 16.9. The minimum absolute atomic E-state index is 0.384. The van der Waals surface area contributed by atoms with Crippen LogP contribution in [-0.2, 0) is 35.6 Å². The molecule has 1 heterocycles. The zero-order valence-electron chi connectivity index (χ0n) is 21.4. The Bertz CT molecular complexity index is 1210. The third-order valence-electron chi connectivity index (χ3n) is 5.77. The van der Waals surface area contributed by atoms with E-state index in [0.717, 1.165) is 52.8 Å². The molecule has 0 bridgehead atoms. The van der Waals surface area contributed by atoms with Gasteiger partial charge in [0.25, 0.3) is 0 Å². The lowest BCUT2D eigenvalue weighted by Gasteiger charge is -2.25. The van der Waals surface area contributed by atoms with E-state index in [4.69, 9.17) is 9.47 Å². The first kappa shape index (κ1) is 28.9. The van der Waals surface area contributed by atoms with E-state index in [1.165, 1.54) is 12.1 Å². The van der Waals surface area contributed by atoms with Crippen molar-refractivity contribution in [1.82, 2.24) is 14.8 Å². The smallest absolute Gasteiger partial charge is 0.416 e. The van der Waals surface area contributed by atoms with Gasteiger partial charge in [0, 0.05) is 19.0 Å². The van der Waals surface area contributed by atoms with Crippen LogP contribution in [-0.4, -0.2) is 32.9 Å². The van der Waals surface area contributed by atoms with Crippen molar-refractivity contribution >= 4 is 28.6 Å². The molecule has 0 saturated carbocycles. The molecule has 0 saturated heterocycles. The lowest BCUT2D eigenvalue weighted by molar-refractivity contribution is -0.159. The third kappa shape index (κ3) is 7.93. The van der Waals surface area contributed by atoms with Crippen LogP contribution in [0, 0.1) is 3.57 Å². The fourth-order valence-electron chi connectivity index (χ4n) is 3.60. The van der Waals surface area contributed by atoms with E-state index in [1.54, 1.807) is 25.6 Å². The molecule has 3 rings (SSSR count). The van der Waals surface area contributed by atoms with Crippen LogP contribution in [0.5, 0.6) is 5.75 Å². The van der Waals surface area contributed by atoms with E-state index in [1.807, 2.05) is 25.1 Å². The second kappa shape index (κ2) is 12.3. The number of aryl methyl sites for hydroxylation is 3. The number of carbonyl (C=O) groups is 1. The van der Waals surface area contributed by atoms with E-state index in [-0.39, 0.29) is 5.97 Å². The van der Waals surface area contributed by atoms with Gasteiger partial charge in [-0.15, -0.1) is 0 Å². The van der Waals surface area contributed by atoms with Crippen molar-refractivity contribution in [3.8, 4) is 17.1 Å². The van der Waals surface area contributed by atoms with Crippen LogP contribution in [0.2, 0.25) is 0 Å². The molecule has 0 spiro atoms.